The molecule has 3 rings (SSSR count). The van der Waals surface area contributed by atoms with Crippen molar-refractivity contribution in [2.45, 2.75) is 39.7 Å². The van der Waals surface area contributed by atoms with E-state index in [2.05, 4.69) is 29.4 Å². The summed E-state index contributed by atoms with van der Waals surface area (Å²) in [6.07, 6.45) is 0.267. The maximum Gasteiger partial charge on any atom is 0.255 e. The second kappa shape index (κ2) is 9.96. The van der Waals surface area contributed by atoms with E-state index in [-0.39, 0.29) is 24.0 Å². The molecular weight excluding hydrogens is 406 g/mol. The van der Waals surface area contributed by atoms with Gasteiger partial charge in [0.15, 0.2) is 5.78 Å². The number of anilines is 1. The van der Waals surface area contributed by atoms with E-state index in [1.165, 1.54) is 0 Å². The highest BCUT2D eigenvalue weighted by Crippen LogP contribution is 2.33. The maximum absolute atomic E-state index is 12.7. The predicted molar refractivity (Wildman–Crippen MR) is 125 cm³/mol. The summed E-state index contributed by atoms with van der Waals surface area (Å²) in [5.74, 6) is -0.0190. The molecule has 1 heterocycles. The molecule has 0 atom stereocenters. The zero-order valence-corrected chi connectivity index (χ0v) is 19.2. The Morgan fingerprint density at radius 2 is 1.66 bits per heavy atom. The van der Waals surface area contributed by atoms with Gasteiger partial charge in [-0.3, -0.25) is 14.4 Å². The van der Waals surface area contributed by atoms with Crippen LogP contribution in [0.5, 0.6) is 5.75 Å². The molecule has 170 valence electrons. The number of likely N-dealkylation sites (N-methyl/N-ethyl adjacent to an activating group) is 1. The topological polar surface area (TPSA) is 87.7 Å². The molecule has 1 aliphatic heterocycles. The summed E-state index contributed by atoms with van der Waals surface area (Å²) >= 11 is 0. The lowest BCUT2D eigenvalue weighted by atomic mass is 9.92. The summed E-state index contributed by atoms with van der Waals surface area (Å²) in [6.45, 7) is 11.2. The minimum atomic E-state index is -0.548. The molecule has 0 spiro atoms. The van der Waals surface area contributed by atoms with E-state index in [4.69, 9.17) is 4.74 Å². The molecule has 0 aliphatic carbocycles. The highest BCUT2D eigenvalue weighted by atomic mass is 16.5. The number of nitrogens with one attached hydrogen (secondary N) is 2. The molecule has 2 aromatic rings. The highest BCUT2D eigenvalue weighted by molar-refractivity contribution is 6.08. The van der Waals surface area contributed by atoms with Gasteiger partial charge in [-0.15, -0.1) is 0 Å². The summed E-state index contributed by atoms with van der Waals surface area (Å²) in [6, 6.07) is 11.6. The highest BCUT2D eigenvalue weighted by Gasteiger charge is 2.32. The van der Waals surface area contributed by atoms with E-state index in [1.807, 2.05) is 13.8 Å². The molecule has 0 bridgehead atoms. The Labute approximate surface area is 189 Å². The van der Waals surface area contributed by atoms with E-state index >= 15 is 0 Å². The van der Waals surface area contributed by atoms with Gasteiger partial charge in [-0.1, -0.05) is 13.8 Å². The van der Waals surface area contributed by atoms with Crippen LogP contribution in [-0.2, 0) is 0 Å². The normalized spacial score (nSPS) is 14.5. The molecule has 0 unspecified atom stereocenters. The standard InChI is InChI=1S/C25H31N3O4/c1-5-28(6-2)14-13-26-23(30)17-7-10-19(11-8-17)27-24(31)18-9-12-22-20(15-18)21(29)16-25(3,4)32-22/h7-12,15H,5-6,13-14,16H2,1-4H3,(H,26,30)(H,27,31). The first kappa shape index (κ1) is 23.5. The molecule has 2 amide bonds. The average molecular weight is 438 g/mol. The molecule has 0 radical (unpaired) electrons. The van der Waals surface area contributed by atoms with E-state index in [1.54, 1.807) is 42.5 Å². The van der Waals surface area contributed by atoms with Crippen LogP contribution in [0.25, 0.3) is 0 Å². The van der Waals surface area contributed by atoms with E-state index in [0.29, 0.717) is 34.7 Å². The van der Waals surface area contributed by atoms with Gasteiger partial charge in [-0.25, -0.2) is 0 Å². The summed E-state index contributed by atoms with van der Waals surface area (Å²) in [7, 11) is 0. The monoisotopic (exact) mass is 437 g/mol. The molecule has 2 N–H and O–H groups in total. The first-order valence-corrected chi connectivity index (χ1v) is 11.0. The van der Waals surface area contributed by atoms with Crippen LogP contribution in [0.15, 0.2) is 42.5 Å². The van der Waals surface area contributed by atoms with Crippen molar-refractivity contribution >= 4 is 23.3 Å². The Hall–Kier alpha value is -3.19. The number of nitrogens with zero attached hydrogens (tertiary/aromatic N) is 1. The molecule has 7 nitrogen and oxygen atoms in total. The van der Waals surface area contributed by atoms with Gasteiger partial charge in [0, 0.05) is 29.9 Å². The second-order valence-electron chi connectivity index (χ2n) is 8.49. The van der Waals surface area contributed by atoms with Gasteiger partial charge in [0.05, 0.1) is 12.0 Å². The summed E-state index contributed by atoms with van der Waals surface area (Å²) in [5.41, 5.74) is 1.35. The van der Waals surface area contributed by atoms with E-state index < -0.39 is 5.60 Å². The molecular formula is C25H31N3O4. The summed E-state index contributed by atoms with van der Waals surface area (Å²) in [5, 5.41) is 5.72. The number of hydrogen-bond donors (Lipinski definition) is 2. The van der Waals surface area contributed by atoms with Crippen molar-refractivity contribution in [1.29, 1.82) is 0 Å². The van der Waals surface area contributed by atoms with Gasteiger partial charge in [-0.2, -0.15) is 0 Å². The molecule has 7 heteroatoms. The van der Waals surface area contributed by atoms with Crippen molar-refractivity contribution in [3.05, 3.63) is 59.2 Å². The van der Waals surface area contributed by atoms with E-state index in [9.17, 15) is 14.4 Å². The van der Waals surface area contributed by atoms with Crippen molar-refractivity contribution in [1.82, 2.24) is 10.2 Å². The summed E-state index contributed by atoms with van der Waals surface area (Å²) in [4.78, 5) is 39.6. The number of ether oxygens (including phenoxy) is 1. The van der Waals surface area contributed by atoms with Gasteiger partial charge < -0.3 is 20.3 Å². The van der Waals surface area contributed by atoms with Gasteiger partial charge in [-0.05, 0) is 69.4 Å². The number of fused-ring (bicyclic) bond motifs is 1. The third kappa shape index (κ3) is 5.73. The number of ketones is 1. The fourth-order valence-corrected chi connectivity index (χ4v) is 3.67. The largest absolute Gasteiger partial charge is 0.487 e. The van der Waals surface area contributed by atoms with Crippen LogP contribution in [0.4, 0.5) is 5.69 Å². The number of Topliss-reactive ketones (excluding diaryl/α,β-unsaturated/α-hetero) is 1. The summed E-state index contributed by atoms with van der Waals surface area (Å²) < 4.78 is 5.84. The average Bonchev–Trinajstić information content (AvgIpc) is 2.76. The molecule has 32 heavy (non-hydrogen) atoms. The number of rotatable bonds is 8. The molecule has 2 aromatic carbocycles. The Balaban J connectivity index is 1.60. The SMILES string of the molecule is CCN(CC)CCNC(=O)c1ccc(NC(=O)c2ccc3c(c2)C(=O)CC(C)(C)O3)cc1. The zero-order valence-electron chi connectivity index (χ0n) is 19.2. The van der Waals surface area contributed by atoms with Crippen molar-refractivity contribution < 1.29 is 19.1 Å². The van der Waals surface area contributed by atoms with Crippen LogP contribution in [0.1, 0.15) is 65.2 Å². The van der Waals surface area contributed by atoms with Crippen LogP contribution in [0.2, 0.25) is 0 Å². The molecule has 1 aliphatic rings. The third-order valence-electron chi connectivity index (χ3n) is 5.53. The lowest BCUT2D eigenvalue weighted by molar-refractivity contribution is 0.0620. The van der Waals surface area contributed by atoms with Crippen molar-refractivity contribution in [3.63, 3.8) is 0 Å². The third-order valence-corrected chi connectivity index (χ3v) is 5.53. The Morgan fingerprint density at radius 1 is 1.00 bits per heavy atom. The van der Waals surface area contributed by atoms with Gasteiger partial charge >= 0.3 is 0 Å². The number of benzene rings is 2. The minimum absolute atomic E-state index is 0.0396. The number of hydrogen-bond acceptors (Lipinski definition) is 5. The van der Waals surface area contributed by atoms with Crippen LogP contribution >= 0.6 is 0 Å². The zero-order chi connectivity index (χ0) is 23.3. The number of carbonyl (C=O) groups excluding carboxylic acids is 3. The number of amides is 2. The smallest absolute Gasteiger partial charge is 0.255 e. The lowest BCUT2D eigenvalue weighted by Crippen LogP contribution is -2.36. The quantitative estimate of drug-likeness (QED) is 0.657. The van der Waals surface area contributed by atoms with Gasteiger partial charge in [0.2, 0.25) is 0 Å². The predicted octanol–water partition coefficient (Wildman–Crippen LogP) is 3.75. The lowest BCUT2D eigenvalue weighted by Gasteiger charge is -2.31. The maximum atomic E-state index is 12.7. The van der Waals surface area contributed by atoms with Crippen LogP contribution in [0, 0.1) is 0 Å². The minimum Gasteiger partial charge on any atom is -0.487 e. The second-order valence-corrected chi connectivity index (χ2v) is 8.49. The van der Waals surface area contributed by atoms with Crippen LogP contribution < -0.4 is 15.4 Å². The Morgan fingerprint density at radius 3 is 2.31 bits per heavy atom. The van der Waals surface area contributed by atoms with Crippen LogP contribution in [0.3, 0.4) is 0 Å². The van der Waals surface area contributed by atoms with Crippen molar-refractivity contribution in [2.75, 3.05) is 31.5 Å². The Kier molecular flexibility index (Phi) is 7.30. The molecule has 0 fully saturated rings. The molecule has 0 aromatic heterocycles. The van der Waals surface area contributed by atoms with Crippen LogP contribution in [-0.4, -0.2) is 54.3 Å². The van der Waals surface area contributed by atoms with E-state index in [0.717, 1.165) is 19.6 Å². The molecule has 0 saturated carbocycles. The first-order chi connectivity index (χ1) is 15.2. The van der Waals surface area contributed by atoms with Crippen molar-refractivity contribution in [3.8, 4) is 5.75 Å². The van der Waals surface area contributed by atoms with Gasteiger partial charge in [0.1, 0.15) is 11.4 Å². The molecule has 0 saturated heterocycles. The fraction of sp³-hybridized carbons (Fsp3) is 0.400. The van der Waals surface area contributed by atoms with Gasteiger partial charge in [0.25, 0.3) is 11.8 Å². The Bertz CT molecular complexity index is 995. The first-order valence-electron chi connectivity index (χ1n) is 11.0. The fourth-order valence-electron chi connectivity index (χ4n) is 3.67. The van der Waals surface area contributed by atoms with Crippen molar-refractivity contribution in [2.24, 2.45) is 0 Å². The number of carbonyl (C=O) groups is 3.